The molecular weight excluding hydrogens is 521 g/mol. The van der Waals surface area contributed by atoms with Crippen LogP contribution in [0.1, 0.15) is 50.2 Å². The van der Waals surface area contributed by atoms with Crippen LogP contribution in [0.4, 0.5) is 5.69 Å². The molecule has 1 fully saturated rings. The third-order valence-corrected chi connectivity index (χ3v) is 8.32. The molecule has 2 aromatic carbocycles. The fraction of sp³-hybridized carbons (Fsp3) is 0.462. The maximum absolute atomic E-state index is 13.7. The summed E-state index contributed by atoms with van der Waals surface area (Å²) in [5, 5.41) is 3.97. The zero-order chi connectivity index (χ0) is 26.5. The lowest BCUT2D eigenvalue weighted by atomic mass is 9.95. The topological polar surface area (TPSA) is 86.8 Å². The highest BCUT2D eigenvalue weighted by Gasteiger charge is 2.31. The highest BCUT2D eigenvalue weighted by molar-refractivity contribution is 7.92. The maximum Gasteiger partial charge on any atom is 0.244 e. The monoisotopic (exact) mass is 553 g/mol. The molecule has 0 saturated heterocycles. The SMILES string of the molecule is Cc1c(Cl)cccc1N(CC(=O)N(Cc1cccc(Cl)c1)[C@H](C)C(=O)NC1CCCCC1)S(C)(=O)=O. The zero-order valence-electron chi connectivity index (χ0n) is 20.8. The van der Waals surface area contributed by atoms with Gasteiger partial charge in [0.25, 0.3) is 0 Å². The minimum absolute atomic E-state index is 0.0819. The molecule has 1 aliphatic rings. The Morgan fingerprint density at radius 1 is 1.08 bits per heavy atom. The number of hydrogen-bond acceptors (Lipinski definition) is 4. The second kappa shape index (κ2) is 12.3. The van der Waals surface area contributed by atoms with Crippen LogP contribution < -0.4 is 9.62 Å². The third-order valence-electron chi connectivity index (χ3n) is 6.55. The highest BCUT2D eigenvalue weighted by Crippen LogP contribution is 2.28. The van der Waals surface area contributed by atoms with Crippen molar-refractivity contribution >= 4 is 50.7 Å². The van der Waals surface area contributed by atoms with Crippen molar-refractivity contribution in [3.8, 4) is 0 Å². The van der Waals surface area contributed by atoms with Crippen molar-refractivity contribution < 1.29 is 18.0 Å². The lowest BCUT2D eigenvalue weighted by Crippen LogP contribution is -2.53. The van der Waals surface area contributed by atoms with E-state index in [9.17, 15) is 18.0 Å². The van der Waals surface area contributed by atoms with Crippen LogP contribution >= 0.6 is 23.2 Å². The van der Waals surface area contributed by atoms with E-state index in [1.807, 2.05) is 6.07 Å². The molecule has 1 saturated carbocycles. The van der Waals surface area contributed by atoms with Crippen molar-refractivity contribution in [2.45, 2.75) is 64.6 Å². The van der Waals surface area contributed by atoms with E-state index in [0.29, 0.717) is 21.3 Å². The average Bonchev–Trinajstić information content (AvgIpc) is 2.82. The Labute approximate surface area is 223 Å². The van der Waals surface area contributed by atoms with Crippen LogP contribution in [0.15, 0.2) is 42.5 Å². The Morgan fingerprint density at radius 3 is 2.39 bits per heavy atom. The number of sulfonamides is 1. The van der Waals surface area contributed by atoms with Crippen LogP contribution in [-0.4, -0.2) is 50.0 Å². The summed E-state index contributed by atoms with van der Waals surface area (Å²) in [6.07, 6.45) is 6.15. The van der Waals surface area contributed by atoms with Crippen LogP contribution in [0.3, 0.4) is 0 Å². The summed E-state index contributed by atoms with van der Waals surface area (Å²) in [5.41, 5.74) is 1.60. The van der Waals surface area contributed by atoms with Gasteiger partial charge in [-0.25, -0.2) is 8.42 Å². The van der Waals surface area contributed by atoms with Crippen molar-refractivity contribution in [3.63, 3.8) is 0 Å². The van der Waals surface area contributed by atoms with Crippen molar-refractivity contribution in [1.82, 2.24) is 10.2 Å². The van der Waals surface area contributed by atoms with Gasteiger partial charge < -0.3 is 10.2 Å². The molecule has 0 bridgehead atoms. The lowest BCUT2D eigenvalue weighted by molar-refractivity contribution is -0.139. The van der Waals surface area contributed by atoms with Gasteiger partial charge in [0.15, 0.2) is 0 Å². The molecule has 0 aromatic heterocycles. The van der Waals surface area contributed by atoms with Gasteiger partial charge in [-0.1, -0.05) is 60.7 Å². The molecule has 2 amide bonds. The van der Waals surface area contributed by atoms with Crippen molar-refractivity contribution in [2.24, 2.45) is 0 Å². The van der Waals surface area contributed by atoms with E-state index in [-0.39, 0.29) is 18.5 Å². The maximum atomic E-state index is 13.7. The predicted molar refractivity (Wildman–Crippen MR) is 145 cm³/mol. The van der Waals surface area contributed by atoms with Gasteiger partial charge in [-0.05, 0) is 62.1 Å². The minimum atomic E-state index is -3.83. The summed E-state index contributed by atoms with van der Waals surface area (Å²) in [6.45, 7) is 2.99. The van der Waals surface area contributed by atoms with Crippen LogP contribution in [0, 0.1) is 6.92 Å². The minimum Gasteiger partial charge on any atom is -0.352 e. The van der Waals surface area contributed by atoms with E-state index in [1.54, 1.807) is 50.2 Å². The molecule has 1 aliphatic carbocycles. The zero-order valence-corrected chi connectivity index (χ0v) is 23.2. The van der Waals surface area contributed by atoms with Crippen LogP contribution in [-0.2, 0) is 26.2 Å². The van der Waals surface area contributed by atoms with Crippen molar-refractivity contribution in [2.75, 3.05) is 17.1 Å². The fourth-order valence-electron chi connectivity index (χ4n) is 4.44. The summed E-state index contributed by atoms with van der Waals surface area (Å²) in [5.74, 6) is -0.770. The van der Waals surface area contributed by atoms with E-state index in [4.69, 9.17) is 23.2 Å². The molecule has 1 atom stereocenters. The standard InChI is InChI=1S/C26H33Cl2N3O4S/c1-18-23(28)13-8-14-24(18)31(36(3,34)35)17-25(32)30(16-20-9-7-10-21(27)15-20)19(2)26(33)29-22-11-5-4-6-12-22/h7-10,13-15,19,22H,4-6,11-12,16-17H2,1-3H3,(H,29,33)/t19-/m1/s1. The van der Waals surface area contributed by atoms with E-state index in [2.05, 4.69) is 5.32 Å². The molecule has 10 heteroatoms. The summed E-state index contributed by atoms with van der Waals surface area (Å²) in [6, 6.07) is 11.2. The largest absolute Gasteiger partial charge is 0.352 e. The highest BCUT2D eigenvalue weighted by atomic mass is 35.5. The fourth-order valence-corrected chi connectivity index (χ4v) is 5.73. The molecule has 0 heterocycles. The second-order valence-corrected chi connectivity index (χ2v) is 12.1. The number of anilines is 1. The predicted octanol–water partition coefficient (Wildman–Crippen LogP) is 4.93. The van der Waals surface area contributed by atoms with E-state index < -0.39 is 28.5 Å². The summed E-state index contributed by atoms with van der Waals surface area (Å²) < 4.78 is 26.5. The Bertz CT molecular complexity index is 1200. The van der Waals surface area contributed by atoms with Gasteiger partial charge in [0.1, 0.15) is 12.6 Å². The number of amides is 2. The molecule has 0 aliphatic heterocycles. The first-order chi connectivity index (χ1) is 17.0. The molecule has 2 aromatic rings. The molecule has 196 valence electrons. The number of nitrogens with one attached hydrogen (secondary N) is 1. The summed E-state index contributed by atoms with van der Waals surface area (Å²) >= 11 is 12.4. The number of carbonyl (C=O) groups excluding carboxylic acids is 2. The van der Waals surface area contributed by atoms with E-state index >= 15 is 0 Å². The average molecular weight is 555 g/mol. The molecule has 1 N–H and O–H groups in total. The first-order valence-electron chi connectivity index (χ1n) is 12.0. The van der Waals surface area contributed by atoms with Crippen LogP contribution in [0.25, 0.3) is 0 Å². The number of hydrogen-bond donors (Lipinski definition) is 1. The van der Waals surface area contributed by atoms with Gasteiger partial charge in [-0.15, -0.1) is 0 Å². The molecule has 0 spiro atoms. The van der Waals surface area contributed by atoms with Gasteiger partial charge in [0.05, 0.1) is 11.9 Å². The molecule has 0 radical (unpaired) electrons. The molecule has 36 heavy (non-hydrogen) atoms. The van der Waals surface area contributed by atoms with Crippen LogP contribution in [0.5, 0.6) is 0 Å². The normalized spacial score (nSPS) is 15.2. The van der Waals surface area contributed by atoms with Crippen molar-refractivity contribution in [3.05, 3.63) is 63.6 Å². The lowest BCUT2D eigenvalue weighted by Gasteiger charge is -2.33. The number of benzene rings is 2. The smallest absolute Gasteiger partial charge is 0.244 e. The van der Waals surface area contributed by atoms with Gasteiger partial charge >= 0.3 is 0 Å². The van der Waals surface area contributed by atoms with Gasteiger partial charge in [-0.2, -0.15) is 0 Å². The Balaban J connectivity index is 1.90. The molecule has 0 unspecified atom stereocenters. The molecule has 3 rings (SSSR count). The third kappa shape index (κ3) is 7.37. The summed E-state index contributed by atoms with van der Waals surface area (Å²) in [4.78, 5) is 28.3. The second-order valence-electron chi connectivity index (χ2n) is 9.32. The molecular formula is C26H33Cl2N3O4S. The quantitative estimate of drug-likeness (QED) is 0.476. The Morgan fingerprint density at radius 2 is 1.75 bits per heavy atom. The van der Waals surface area contributed by atoms with E-state index in [1.165, 1.54) is 4.90 Å². The Hall–Kier alpha value is -2.29. The first kappa shape index (κ1) is 28.3. The number of rotatable bonds is 9. The van der Waals surface area contributed by atoms with Crippen molar-refractivity contribution in [1.29, 1.82) is 0 Å². The Kier molecular flexibility index (Phi) is 9.66. The van der Waals surface area contributed by atoms with Gasteiger partial charge in [-0.3, -0.25) is 13.9 Å². The number of halogens is 2. The molecule has 7 nitrogen and oxygen atoms in total. The van der Waals surface area contributed by atoms with Crippen LogP contribution in [0.2, 0.25) is 10.0 Å². The number of carbonyl (C=O) groups is 2. The summed E-state index contributed by atoms with van der Waals surface area (Å²) in [7, 11) is -3.83. The first-order valence-corrected chi connectivity index (χ1v) is 14.6. The van der Waals surface area contributed by atoms with Gasteiger partial charge in [0, 0.05) is 22.6 Å². The van der Waals surface area contributed by atoms with E-state index in [0.717, 1.165) is 48.2 Å². The number of nitrogens with zero attached hydrogens (tertiary/aromatic N) is 2. The van der Waals surface area contributed by atoms with Gasteiger partial charge in [0.2, 0.25) is 21.8 Å².